The summed E-state index contributed by atoms with van der Waals surface area (Å²) in [5, 5.41) is 16.2. The number of aromatic nitrogens is 2. The second-order valence-electron chi connectivity index (χ2n) is 7.81. The highest BCUT2D eigenvalue weighted by Gasteiger charge is 2.27. The van der Waals surface area contributed by atoms with Gasteiger partial charge in [-0.05, 0) is 62.3 Å². The standard InChI is InChI=1S/C23H27N5O4/c29-22(24-15-21(23(30)26-31)27-11-3-1-4-12-27)17-7-9-19(10-8-17)32-16-18-14-25-28-13-5-2-6-20(18)28/h2,5-10,13-14,21,31H,1,3-4,11-12,15-16H2,(H,24,29)(H,26,30). The molecular formula is C23H27N5O4. The molecule has 0 radical (unpaired) electrons. The second kappa shape index (κ2) is 10.3. The van der Waals surface area contributed by atoms with Crippen molar-refractivity contribution in [3.8, 4) is 5.75 Å². The predicted molar refractivity (Wildman–Crippen MR) is 117 cm³/mol. The second-order valence-corrected chi connectivity index (χ2v) is 7.81. The quantitative estimate of drug-likeness (QED) is 0.368. The van der Waals surface area contributed by atoms with E-state index in [1.807, 2.05) is 29.3 Å². The molecule has 0 spiro atoms. The van der Waals surface area contributed by atoms with Gasteiger partial charge in [0, 0.05) is 23.9 Å². The van der Waals surface area contributed by atoms with Crippen molar-refractivity contribution in [3.05, 3.63) is 66.0 Å². The average molecular weight is 438 g/mol. The number of piperidine rings is 1. The van der Waals surface area contributed by atoms with E-state index >= 15 is 0 Å². The minimum absolute atomic E-state index is 0.123. The smallest absolute Gasteiger partial charge is 0.262 e. The van der Waals surface area contributed by atoms with Crippen LogP contribution in [0.2, 0.25) is 0 Å². The van der Waals surface area contributed by atoms with E-state index in [-0.39, 0.29) is 12.5 Å². The van der Waals surface area contributed by atoms with Crippen molar-refractivity contribution in [2.45, 2.75) is 31.9 Å². The molecule has 1 fully saturated rings. The lowest BCUT2D eigenvalue weighted by molar-refractivity contribution is -0.135. The highest BCUT2D eigenvalue weighted by Crippen LogP contribution is 2.17. The van der Waals surface area contributed by atoms with Crippen LogP contribution in [-0.4, -0.2) is 57.2 Å². The van der Waals surface area contributed by atoms with Gasteiger partial charge in [-0.3, -0.25) is 19.7 Å². The lowest BCUT2D eigenvalue weighted by Crippen LogP contribution is -2.53. The third-order valence-electron chi connectivity index (χ3n) is 5.72. The van der Waals surface area contributed by atoms with Gasteiger partial charge in [-0.15, -0.1) is 0 Å². The largest absolute Gasteiger partial charge is 0.489 e. The van der Waals surface area contributed by atoms with E-state index in [1.54, 1.807) is 40.5 Å². The maximum absolute atomic E-state index is 12.6. The number of rotatable bonds is 8. The van der Waals surface area contributed by atoms with E-state index in [4.69, 9.17) is 9.94 Å². The molecule has 0 aliphatic carbocycles. The average Bonchev–Trinajstić information content (AvgIpc) is 3.26. The van der Waals surface area contributed by atoms with Crippen LogP contribution in [0.5, 0.6) is 5.75 Å². The van der Waals surface area contributed by atoms with Crippen LogP contribution in [0.1, 0.15) is 35.2 Å². The summed E-state index contributed by atoms with van der Waals surface area (Å²) in [6, 6.07) is 12.1. The van der Waals surface area contributed by atoms with E-state index in [9.17, 15) is 9.59 Å². The minimum atomic E-state index is -0.599. The molecule has 1 aliphatic rings. The molecule has 32 heavy (non-hydrogen) atoms. The summed E-state index contributed by atoms with van der Waals surface area (Å²) in [6.45, 7) is 2.03. The molecule has 3 N–H and O–H groups in total. The molecular weight excluding hydrogens is 410 g/mol. The van der Waals surface area contributed by atoms with Crippen molar-refractivity contribution in [1.29, 1.82) is 0 Å². The van der Waals surface area contributed by atoms with Gasteiger partial charge in [0.15, 0.2) is 0 Å². The molecule has 2 amide bonds. The fourth-order valence-electron chi connectivity index (χ4n) is 3.95. The van der Waals surface area contributed by atoms with Crippen LogP contribution in [-0.2, 0) is 11.4 Å². The van der Waals surface area contributed by atoms with Gasteiger partial charge >= 0.3 is 0 Å². The zero-order valence-electron chi connectivity index (χ0n) is 17.7. The number of benzene rings is 1. The summed E-state index contributed by atoms with van der Waals surface area (Å²) in [5.41, 5.74) is 4.14. The fraction of sp³-hybridized carbons (Fsp3) is 0.348. The topological polar surface area (TPSA) is 108 Å². The van der Waals surface area contributed by atoms with Gasteiger partial charge in [-0.2, -0.15) is 5.10 Å². The molecule has 1 unspecified atom stereocenters. The van der Waals surface area contributed by atoms with Crippen LogP contribution in [0.25, 0.3) is 5.52 Å². The van der Waals surface area contributed by atoms with Gasteiger partial charge in [0.2, 0.25) is 0 Å². The van der Waals surface area contributed by atoms with Crippen molar-refractivity contribution < 1.29 is 19.5 Å². The van der Waals surface area contributed by atoms with E-state index in [0.717, 1.165) is 43.4 Å². The molecule has 1 atom stereocenters. The minimum Gasteiger partial charge on any atom is -0.489 e. The van der Waals surface area contributed by atoms with Crippen molar-refractivity contribution in [2.75, 3.05) is 19.6 Å². The molecule has 168 valence electrons. The van der Waals surface area contributed by atoms with Gasteiger partial charge in [-0.25, -0.2) is 10.00 Å². The Balaban J connectivity index is 1.32. The highest BCUT2D eigenvalue weighted by atomic mass is 16.5. The third kappa shape index (κ3) is 5.06. The SMILES string of the molecule is O=C(NCC(C(=O)NO)N1CCCCC1)c1ccc(OCc2cnn3ccccc23)cc1. The van der Waals surface area contributed by atoms with Crippen molar-refractivity contribution in [1.82, 2.24) is 25.3 Å². The molecule has 1 saturated heterocycles. The van der Waals surface area contributed by atoms with Gasteiger partial charge in [0.05, 0.1) is 11.7 Å². The summed E-state index contributed by atoms with van der Waals surface area (Å²) < 4.78 is 7.64. The summed E-state index contributed by atoms with van der Waals surface area (Å²) in [7, 11) is 0. The Labute approximate surface area is 185 Å². The predicted octanol–water partition coefficient (Wildman–Crippen LogP) is 2.00. The van der Waals surface area contributed by atoms with Gasteiger partial charge in [0.1, 0.15) is 18.4 Å². The Morgan fingerprint density at radius 3 is 2.62 bits per heavy atom. The molecule has 2 aromatic heterocycles. The number of hydroxylamine groups is 1. The molecule has 1 aliphatic heterocycles. The number of carbonyl (C=O) groups excluding carboxylic acids is 2. The van der Waals surface area contributed by atoms with Crippen LogP contribution in [0.4, 0.5) is 0 Å². The Morgan fingerprint density at radius 1 is 1.09 bits per heavy atom. The number of nitrogens with one attached hydrogen (secondary N) is 2. The van der Waals surface area contributed by atoms with E-state index in [0.29, 0.717) is 17.9 Å². The van der Waals surface area contributed by atoms with Gasteiger partial charge in [0.25, 0.3) is 11.8 Å². The summed E-state index contributed by atoms with van der Waals surface area (Å²) >= 11 is 0. The van der Waals surface area contributed by atoms with Crippen LogP contribution < -0.4 is 15.5 Å². The number of pyridine rings is 1. The molecule has 4 rings (SSSR count). The van der Waals surface area contributed by atoms with Crippen molar-refractivity contribution >= 4 is 17.3 Å². The van der Waals surface area contributed by atoms with Crippen LogP contribution >= 0.6 is 0 Å². The van der Waals surface area contributed by atoms with Gasteiger partial charge in [-0.1, -0.05) is 12.5 Å². The maximum Gasteiger partial charge on any atom is 0.262 e. The normalized spacial score (nSPS) is 15.3. The Kier molecular flexibility index (Phi) is 6.98. The number of carbonyl (C=O) groups is 2. The number of fused-ring (bicyclic) bond motifs is 1. The highest BCUT2D eigenvalue weighted by molar-refractivity contribution is 5.94. The molecule has 3 heterocycles. The number of hydrogen-bond donors (Lipinski definition) is 3. The fourth-order valence-corrected chi connectivity index (χ4v) is 3.95. The molecule has 3 aromatic rings. The summed E-state index contributed by atoms with van der Waals surface area (Å²) in [6.07, 6.45) is 6.78. The first kappa shape index (κ1) is 21.8. The van der Waals surface area contributed by atoms with E-state index in [1.165, 1.54) is 0 Å². The number of hydrogen-bond acceptors (Lipinski definition) is 6. The van der Waals surface area contributed by atoms with Crippen molar-refractivity contribution in [2.24, 2.45) is 0 Å². The first-order valence-corrected chi connectivity index (χ1v) is 10.8. The molecule has 1 aromatic carbocycles. The molecule has 0 saturated carbocycles. The first-order chi connectivity index (χ1) is 15.7. The molecule has 0 bridgehead atoms. The number of nitrogens with zero attached hydrogens (tertiary/aromatic N) is 3. The monoisotopic (exact) mass is 437 g/mol. The number of likely N-dealkylation sites (tertiary alicyclic amines) is 1. The zero-order chi connectivity index (χ0) is 22.3. The summed E-state index contributed by atoms with van der Waals surface area (Å²) in [4.78, 5) is 26.6. The summed E-state index contributed by atoms with van der Waals surface area (Å²) in [5.74, 6) is -0.154. The van der Waals surface area contributed by atoms with Crippen LogP contribution in [0, 0.1) is 0 Å². The van der Waals surface area contributed by atoms with E-state index in [2.05, 4.69) is 10.4 Å². The van der Waals surface area contributed by atoms with E-state index < -0.39 is 11.9 Å². The lowest BCUT2D eigenvalue weighted by Gasteiger charge is -2.33. The first-order valence-electron chi connectivity index (χ1n) is 10.8. The Hall–Kier alpha value is -3.43. The van der Waals surface area contributed by atoms with Crippen molar-refractivity contribution in [3.63, 3.8) is 0 Å². The molecule has 9 heteroatoms. The number of ether oxygens (including phenoxy) is 1. The maximum atomic E-state index is 12.6. The number of amides is 2. The molecule has 9 nitrogen and oxygen atoms in total. The van der Waals surface area contributed by atoms with Crippen LogP contribution in [0.3, 0.4) is 0 Å². The Morgan fingerprint density at radius 2 is 1.88 bits per heavy atom. The van der Waals surface area contributed by atoms with Gasteiger partial charge < -0.3 is 10.1 Å². The Bertz CT molecular complexity index is 1060. The lowest BCUT2D eigenvalue weighted by atomic mass is 10.1. The third-order valence-corrected chi connectivity index (χ3v) is 5.72. The van der Waals surface area contributed by atoms with Crippen LogP contribution in [0.15, 0.2) is 54.9 Å². The zero-order valence-corrected chi connectivity index (χ0v) is 17.7.